The van der Waals surface area contributed by atoms with Crippen molar-refractivity contribution in [1.82, 2.24) is 0 Å². The Morgan fingerprint density at radius 2 is 1.79 bits per heavy atom. The topological polar surface area (TPSA) is 93.9 Å². The molecule has 0 spiro atoms. The van der Waals surface area contributed by atoms with E-state index in [9.17, 15) is 9.59 Å². The molecule has 2 heterocycles. The fraction of sp³-hybridized carbons (Fsp3) is 0.273. The van der Waals surface area contributed by atoms with Gasteiger partial charge in [0, 0.05) is 24.7 Å². The summed E-state index contributed by atoms with van der Waals surface area (Å²) in [5.41, 5.74) is 8.10. The third kappa shape index (κ3) is 4.34. The molecule has 0 unspecified atom stereocenters. The number of primary amides is 1. The fourth-order valence-electron chi connectivity index (χ4n) is 3.56. The normalized spacial score (nSPS) is 15.5. The standard InChI is InChI=1S/C22H23N3O4/c23-22(27)16-6-7-18(25-10-2-1-3-11-25)17(13-16)24-21(26)9-5-15-4-8-19-20(12-15)29-14-28-19/h4-9,12-13H,1-3,10-11,14H2,(H2,23,27)(H,24,26). The summed E-state index contributed by atoms with van der Waals surface area (Å²) in [4.78, 5) is 26.4. The molecule has 2 aromatic carbocycles. The second kappa shape index (κ2) is 8.26. The quantitative estimate of drug-likeness (QED) is 0.761. The predicted molar refractivity (Wildman–Crippen MR) is 111 cm³/mol. The van der Waals surface area contributed by atoms with E-state index in [0.29, 0.717) is 22.7 Å². The molecule has 0 bridgehead atoms. The minimum atomic E-state index is -0.526. The predicted octanol–water partition coefficient (Wildman–Crippen LogP) is 3.16. The highest BCUT2D eigenvalue weighted by Crippen LogP contribution is 2.33. The van der Waals surface area contributed by atoms with Crippen LogP contribution in [-0.2, 0) is 4.79 Å². The van der Waals surface area contributed by atoms with Crippen LogP contribution in [0.5, 0.6) is 11.5 Å². The average molecular weight is 393 g/mol. The monoisotopic (exact) mass is 393 g/mol. The molecule has 0 atom stereocenters. The molecular formula is C22H23N3O4. The van der Waals surface area contributed by atoms with Gasteiger partial charge in [-0.3, -0.25) is 9.59 Å². The number of hydrogen-bond acceptors (Lipinski definition) is 5. The number of nitrogens with zero attached hydrogens (tertiary/aromatic N) is 1. The second-order valence-electron chi connectivity index (χ2n) is 7.08. The lowest BCUT2D eigenvalue weighted by molar-refractivity contribution is -0.111. The summed E-state index contributed by atoms with van der Waals surface area (Å²) >= 11 is 0. The van der Waals surface area contributed by atoms with Crippen LogP contribution in [0.15, 0.2) is 42.5 Å². The number of benzene rings is 2. The number of carbonyl (C=O) groups is 2. The molecule has 3 N–H and O–H groups in total. The molecule has 7 nitrogen and oxygen atoms in total. The Hall–Kier alpha value is -3.48. The van der Waals surface area contributed by atoms with E-state index in [1.54, 1.807) is 18.2 Å². The van der Waals surface area contributed by atoms with Gasteiger partial charge in [0.2, 0.25) is 18.6 Å². The number of ether oxygens (including phenoxy) is 2. The Morgan fingerprint density at radius 3 is 2.59 bits per heavy atom. The minimum Gasteiger partial charge on any atom is -0.454 e. The molecule has 2 aromatic rings. The second-order valence-corrected chi connectivity index (χ2v) is 7.08. The molecule has 2 aliphatic rings. The highest BCUT2D eigenvalue weighted by atomic mass is 16.7. The largest absolute Gasteiger partial charge is 0.454 e. The van der Waals surface area contributed by atoms with Gasteiger partial charge >= 0.3 is 0 Å². The average Bonchev–Trinajstić information content (AvgIpc) is 3.20. The Morgan fingerprint density at radius 1 is 1.00 bits per heavy atom. The van der Waals surface area contributed by atoms with Crippen molar-refractivity contribution in [3.8, 4) is 11.5 Å². The van der Waals surface area contributed by atoms with Gasteiger partial charge in [0.05, 0.1) is 11.4 Å². The Kier molecular flexibility index (Phi) is 5.37. The molecule has 1 saturated heterocycles. The zero-order valence-electron chi connectivity index (χ0n) is 16.0. The maximum atomic E-state index is 12.5. The Labute approximate surface area is 169 Å². The third-order valence-electron chi connectivity index (χ3n) is 5.06. The molecule has 7 heteroatoms. The zero-order chi connectivity index (χ0) is 20.2. The van der Waals surface area contributed by atoms with Crippen molar-refractivity contribution in [2.24, 2.45) is 5.73 Å². The van der Waals surface area contributed by atoms with Gasteiger partial charge in [0.15, 0.2) is 11.5 Å². The first kappa shape index (κ1) is 18.9. The van der Waals surface area contributed by atoms with Crippen LogP contribution in [0.4, 0.5) is 11.4 Å². The minimum absolute atomic E-state index is 0.207. The summed E-state index contributed by atoms with van der Waals surface area (Å²) in [6.45, 7) is 2.05. The van der Waals surface area contributed by atoms with E-state index in [4.69, 9.17) is 15.2 Å². The molecule has 2 aliphatic heterocycles. The summed E-state index contributed by atoms with van der Waals surface area (Å²) in [7, 11) is 0. The van der Waals surface area contributed by atoms with Gasteiger partial charge < -0.3 is 25.4 Å². The molecule has 150 valence electrons. The van der Waals surface area contributed by atoms with Gasteiger partial charge in [0.25, 0.3) is 0 Å². The molecule has 0 aliphatic carbocycles. The number of piperidine rings is 1. The number of rotatable bonds is 5. The van der Waals surface area contributed by atoms with Crippen LogP contribution in [0.1, 0.15) is 35.2 Å². The smallest absolute Gasteiger partial charge is 0.248 e. The highest BCUT2D eigenvalue weighted by Gasteiger charge is 2.17. The van der Waals surface area contributed by atoms with Crippen molar-refractivity contribution < 1.29 is 19.1 Å². The first-order valence-electron chi connectivity index (χ1n) is 9.68. The van der Waals surface area contributed by atoms with Crippen molar-refractivity contribution in [3.63, 3.8) is 0 Å². The molecule has 4 rings (SSSR count). The number of amides is 2. The maximum Gasteiger partial charge on any atom is 0.248 e. The molecule has 0 saturated carbocycles. The van der Waals surface area contributed by atoms with Gasteiger partial charge in [-0.1, -0.05) is 6.07 Å². The van der Waals surface area contributed by atoms with E-state index in [-0.39, 0.29) is 12.7 Å². The first-order valence-corrected chi connectivity index (χ1v) is 9.68. The van der Waals surface area contributed by atoms with E-state index >= 15 is 0 Å². The molecule has 0 radical (unpaired) electrons. The molecule has 29 heavy (non-hydrogen) atoms. The molecule has 2 amide bonds. The van der Waals surface area contributed by atoms with E-state index in [1.807, 2.05) is 24.3 Å². The number of fused-ring (bicyclic) bond motifs is 1. The fourth-order valence-corrected chi connectivity index (χ4v) is 3.56. The Balaban J connectivity index is 1.52. The SMILES string of the molecule is NC(=O)c1ccc(N2CCCCC2)c(NC(=O)C=Cc2ccc3c(c2)OCO3)c1. The maximum absolute atomic E-state index is 12.5. The van der Waals surface area contributed by atoms with Gasteiger partial charge in [-0.25, -0.2) is 0 Å². The van der Waals surface area contributed by atoms with Gasteiger partial charge in [-0.2, -0.15) is 0 Å². The van der Waals surface area contributed by atoms with Crippen molar-refractivity contribution in [2.45, 2.75) is 19.3 Å². The van der Waals surface area contributed by atoms with Crippen LogP contribution in [0, 0.1) is 0 Å². The van der Waals surface area contributed by atoms with Crippen LogP contribution < -0.4 is 25.4 Å². The number of nitrogens with one attached hydrogen (secondary N) is 1. The molecular weight excluding hydrogens is 370 g/mol. The molecule has 0 aromatic heterocycles. The van der Waals surface area contributed by atoms with Crippen LogP contribution in [0.2, 0.25) is 0 Å². The first-order chi connectivity index (χ1) is 14.1. The van der Waals surface area contributed by atoms with E-state index < -0.39 is 5.91 Å². The van der Waals surface area contributed by atoms with Gasteiger partial charge in [-0.05, 0) is 61.2 Å². The highest BCUT2D eigenvalue weighted by molar-refractivity contribution is 6.05. The van der Waals surface area contributed by atoms with E-state index in [0.717, 1.165) is 37.2 Å². The summed E-state index contributed by atoms with van der Waals surface area (Å²) in [6.07, 6.45) is 6.57. The van der Waals surface area contributed by atoms with E-state index in [1.165, 1.54) is 12.5 Å². The van der Waals surface area contributed by atoms with Gasteiger partial charge in [0.1, 0.15) is 0 Å². The third-order valence-corrected chi connectivity index (χ3v) is 5.06. The summed E-state index contributed by atoms with van der Waals surface area (Å²) < 4.78 is 10.6. The van der Waals surface area contributed by atoms with Crippen molar-refractivity contribution in [1.29, 1.82) is 0 Å². The van der Waals surface area contributed by atoms with Crippen LogP contribution in [0.3, 0.4) is 0 Å². The number of carbonyl (C=O) groups excluding carboxylic acids is 2. The lowest BCUT2D eigenvalue weighted by Crippen LogP contribution is -2.30. The summed E-state index contributed by atoms with van der Waals surface area (Å²) in [6, 6.07) is 10.7. The number of anilines is 2. The Bertz CT molecular complexity index is 965. The number of nitrogens with two attached hydrogens (primary N) is 1. The van der Waals surface area contributed by atoms with Gasteiger partial charge in [-0.15, -0.1) is 0 Å². The zero-order valence-corrected chi connectivity index (χ0v) is 16.0. The lowest BCUT2D eigenvalue weighted by atomic mass is 10.1. The molecule has 1 fully saturated rings. The van der Waals surface area contributed by atoms with Crippen molar-refractivity contribution in [2.75, 3.05) is 30.1 Å². The van der Waals surface area contributed by atoms with Crippen LogP contribution in [0.25, 0.3) is 6.08 Å². The van der Waals surface area contributed by atoms with Crippen molar-refractivity contribution in [3.05, 3.63) is 53.6 Å². The summed E-state index contributed by atoms with van der Waals surface area (Å²) in [5.74, 6) is 0.541. The van der Waals surface area contributed by atoms with Crippen LogP contribution in [-0.4, -0.2) is 31.7 Å². The van der Waals surface area contributed by atoms with E-state index in [2.05, 4.69) is 10.2 Å². The van der Waals surface area contributed by atoms with Crippen LogP contribution >= 0.6 is 0 Å². The lowest BCUT2D eigenvalue weighted by Gasteiger charge is -2.30. The number of hydrogen-bond donors (Lipinski definition) is 2. The van der Waals surface area contributed by atoms with Crippen molar-refractivity contribution >= 4 is 29.3 Å². The summed E-state index contributed by atoms with van der Waals surface area (Å²) in [5, 5.41) is 2.89.